The second-order valence-corrected chi connectivity index (χ2v) is 11.7. The molecular formula is C13H21N3O3Si-. The number of aromatic nitrogens is 3. The molecule has 2 rings (SSSR count). The Kier molecular flexibility index (Phi) is 4.41. The van der Waals surface area contributed by atoms with Crippen molar-refractivity contribution in [2.75, 3.05) is 6.61 Å². The topological polar surface area (TPSA) is 69.4 Å². The van der Waals surface area contributed by atoms with Gasteiger partial charge in [0.25, 0.3) is 0 Å². The first-order chi connectivity index (χ1) is 9.35. The minimum atomic E-state index is -1.34. The number of fused-ring (bicyclic) bond motifs is 1. The van der Waals surface area contributed by atoms with Crippen molar-refractivity contribution in [2.45, 2.75) is 39.1 Å². The van der Waals surface area contributed by atoms with Crippen molar-refractivity contribution in [3.8, 4) is 0 Å². The zero-order chi connectivity index (χ0) is 14.8. The van der Waals surface area contributed by atoms with E-state index in [1.165, 1.54) is 4.85 Å². The molecule has 0 aliphatic heterocycles. The van der Waals surface area contributed by atoms with Crippen LogP contribution in [0.15, 0.2) is 18.2 Å². The summed E-state index contributed by atoms with van der Waals surface area (Å²) in [5.74, 6) is 0. The molecule has 1 heterocycles. The normalized spacial score (nSPS) is 13.7. The van der Waals surface area contributed by atoms with Crippen molar-refractivity contribution < 1.29 is 14.7 Å². The number of ether oxygens (including phenoxy) is 1. The highest BCUT2D eigenvalue weighted by molar-refractivity contribution is 6.76. The maximum atomic E-state index is 9.71. The fourth-order valence-electron chi connectivity index (χ4n) is 1.67. The Bertz CT molecular complexity index is 580. The molecule has 0 saturated carbocycles. The van der Waals surface area contributed by atoms with Gasteiger partial charge in [-0.1, -0.05) is 10.9 Å². The second kappa shape index (κ2) is 5.90. The average molecular weight is 295 g/mol. The second-order valence-electron chi connectivity index (χ2n) is 6.05. The van der Waals surface area contributed by atoms with Crippen LogP contribution in [0.1, 0.15) is 5.56 Å². The molecule has 0 aliphatic rings. The summed E-state index contributed by atoms with van der Waals surface area (Å²) >= 11 is 0. The number of aryl methyl sites for hydroxylation is 1. The molecule has 1 aromatic heterocycles. The van der Waals surface area contributed by atoms with Gasteiger partial charge in [0.15, 0.2) is 0 Å². The molecule has 6 nitrogen and oxygen atoms in total. The van der Waals surface area contributed by atoms with Crippen molar-refractivity contribution in [1.29, 1.82) is 0 Å². The molecule has 1 atom stereocenters. The number of hydrogen-bond donors (Lipinski definition) is 1. The summed E-state index contributed by atoms with van der Waals surface area (Å²) in [6.07, 6.45) is 0. The molecule has 0 fully saturated rings. The van der Waals surface area contributed by atoms with Crippen LogP contribution >= 0.6 is 0 Å². The van der Waals surface area contributed by atoms with Crippen LogP contribution in [0.5, 0.6) is 0 Å². The Morgan fingerprint density at radius 3 is 2.80 bits per heavy atom. The molecule has 0 amide bonds. The Morgan fingerprint density at radius 1 is 1.35 bits per heavy atom. The van der Waals surface area contributed by atoms with Crippen LogP contribution in [0.4, 0.5) is 0 Å². The van der Waals surface area contributed by atoms with E-state index < -0.39 is 14.5 Å². The van der Waals surface area contributed by atoms with Crippen LogP contribution in [0.2, 0.25) is 25.7 Å². The maximum Gasteiger partial charge on any atom is 0.337 e. The SMILES string of the molecule is Cc1ccc2c(c1)nnn2OC(O)OCC[Si-](C)(C)C. The third kappa shape index (κ3) is 4.02. The van der Waals surface area contributed by atoms with E-state index in [4.69, 9.17) is 9.57 Å². The molecule has 2 aromatic rings. The van der Waals surface area contributed by atoms with Crippen LogP contribution in [-0.4, -0.2) is 41.4 Å². The molecule has 111 valence electrons. The highest BCUT2D eigenvalue weighted by atomic mass is 28.3. The van der Waals surface area contributed by atoms with E-state index in [0.29, 0.717) is 12.1 Å². The lowest BCUT2D eigenvalue weighted by Crippen LogP contribution is -2.30. The summed E-state index contributed by atoms with van der Waals surface area (Å²) in [6, 6.07) is 6.65. The lowest BCUT2D eigenvalue weighted by molar-refractivity contribution is -0.264. The van der Waals surface area contributed by atoms with Gasteiger partial charge in [0, 0.05) is 6.61 Å². The van der Waals surface area contributed by atoms with Crippen molar-refractivity contribution in [1.82, 2.24) is 15.2 Å². The average Bonchev–Trinajstić information content (AvgIpc) is 2.70. The molecule has 0 aliphatic carbocycles. The Morgan fingerprint density at radius 2 is 2.10 bits per heavy atom. The van der Waals surface area contributed by atoms with Crippen LogP contribution in [-0.2, 0) is 4.74 Å². The van der Waals surface area contributed by atoms with Gasteiger partial charge in [-0.2, -0.15) is 19.6 Å². The van der Waals surface area contributed by atoms with E-state index in [-0.39, 0.29) is 0 Å². The third-order valence-corrected chi connectivity index (χ3v) is 4.58. The van der Waals surface area contributed by atoms with Crippen LogP contribution in [0, 0.1) is 6.92 Å². The molecule has 0 spiro atoms. The molecular weight excluding hydrogens is 274 g/mol. The molecule has 20 heavy (non-hydrogen) atoms. The van der Waals surface area contributed by atoms with Gasteiger partial charge in [0.2, 0.25) is 0 Å². The number of nitrogens with zero attached hydrogens (tertiary/aromatic N) is 3. The summed E-state index contributed by atoms with van der Waals surface area (Å²) in [7, 11) is -1.18. The van der Waals surface area contributed by atoms with Crippen molar-refractivity contribution in [2.24, 2.45) is 0 Å². The highest BCUT2D eigenvalue weighted by Gasteiger charge is 2.11. The Hall–Kier alpha value is -1.44. The molecule has 1 N–H and O–H groups in total. The monoisotopic (exact) mass is 295 g/mol. The summed E-state index contributed by atoms with van der Waals surface area (Å²) in [6.45, 7) is 7.86. The van der Waals surface area contributed by atoms with E-state index in [1.54, 1.807) is 0 Å². The van der Waals surface area contributed by atoms with E-state index in [0.717, 1.165) is 17.1 Å². The Labute approximate surface area is 119 Å². The highest BCUT2D eigenvalue weighted by Crippen LogP contribution is 2.12. The zero-order valence-electron chi connectivity index (χ0n) is 12.3. The van der Waals surface area contributed by atoms with Gasteiger partial charge in [0.05, 0.1) is 0 Å². The quantitative estimate of drug-likeness (QED) is 0.650. The lowest BCUT2D eigenvalue weighted by Gasteiger charge is -2.27. The van der Waals surface area contributed by atoms with E-state index in [9.17, 15) is 5.11 Å². The fraction of sp³-hybridized carbons (Fsp3) is 0.538. The molecule has 1 aromatic carbocycles. The number of benzene rings is 1. The van der Waals surface area contributed by atoms with Crippen molar-refractivity contribution >= 4 is 19.1 Å². The minimum absolute atomic E-state index is 0.475. The van der Waals surface area contributed by atoms with E-state index in [1.807, 2.05) is 25.1 Å². The standard InChI is InChI=1S/C13H21N3O3Si/c1-10-5-6-12-11(9-10)14-15-16(12)19-13(17)18-7-8-20(2,3)4/h5-6,9,13,17H,7-8H2,1-4H3/q-1. The molecule has 0 bridgehead atoms. The van der Waals surface area contributed by atoms with Gasteiger partial charge >= 0.3 is 6.48 Å². The fourth-order valence-corrected chi connectivity index (χ4v) is 2.40. The number of aliphatic hydroxyl groups excluding tert-OH is 1. The summed E-state index contributed by atoms with van der Waals surface area (Å²) in [5.41, 5.74) is 2.51. The first-order valence-electron chi connectivity index (χ1n) is 6.64. The van der Waals surface area contributed by atoms with Gasteiger partial charge in [-0.15, -0.1) is 19.2 Å². The van der Waals surface area contributed by atoms with E-state index in [2.05, 4.69) is 30.0 Å². The first-order valence-corrected chi connectivity index (χ1v) is 10.3. The number of aliphatic hydroxyl groups is 1. The van der Waals surface area contributed by atoms with Crippen molar-refractivity contribution in [3.63, 3.8) is 0 Å². The van der Waals surface area contributed by atoms with Crippen molar-refractivity contribution in [3.05, 3.63) is 23.8 Å². The van der Waals surface area contributed by atoms with E-state index >= 15 is 0 Å². The van der Waals surface area contributed by atoms with Gasteiger partial charge in [0.1, 0.15) is 11.0 Å². The zero-order valence-corrected chi connectivity index (χ0v) is 13.3. The van der Waals surface area contributed by atoms with Crippen LogP contribution in [0.3, 0.4) is 0 Å². The predicted molar refractivity (Wildman–Crippen MR) is 79.0 cm³/mol. The summed E-state index contributed by atoms with van der Waals surface area (Å²) < 4.78 is 5.24. The van der Waals surface area contributed by atoms with Gasteiger partial charge in [-0.3, -0.25) is 0 Å². The molecule has 1 unspecified atom stereocenters. The number of hydrogen-bond acceptors (Lipinski definition) is 5. The smallest absolute Gasteiger partial charge is 0.335 e. The van der Waals surface area contributed by atoms with Gasteiger partial charge in [-0.25, -0.2) is 0 Å². The number of rotatable bonds is 6. The minimum Gasteiger partial charge on any atom is -0.335 e. The molecule has 0 radical (unpaired) electrons. The largest absolute Gasteiger partial charge is 0.337 e. The first kappa shape index (κ1) is 15.0. The third-order valence-electron chi connectivity index (χ3n) is 2.87. The maximum absolute atomic E-state index is 9.71. The van der Waals surface area contributed by atoms with Gasteiger partial charge < -0.3 is 14.7 Å². The molecule has 7 heteroatoms. The summed E-state index contributed by atoms with van der Waals surface area (Å²) in [5, 5.41) is 17.5. The Balaban J connectivity index is 1.94. The summed E-state index contributed by atoms with van der Waals surface area (Å²) in [4.78, 5) is 6.40. The van der Waals surface area contributed by atoms with Crippen LogP contribution in [0.25, 0.3) is 11.0 Å². The predicted octanol–water partition coefficient (Wildman–Crippen LogP) is 1.80. The van der Waals surface area contributed by atoms with Gasteiger partial charge in [-0.05, 0) is 29.8 Å². The van der Waals surface area contributed by atoms with Crippen LogP contribution < -0.4 is 4.84 Å². The molecule has 0 saturated heterocycles. The lowest BCUT2D eigenvalue weighted by atomic mass is 10.2.